The van der Waals surface area contributed by atoms with E-state index in [0.29, 0.717) is 13.0 Å². The Morgan fingerprint density at radius 2 is 2.33 bits per heavy atom. The van der Waals surface area contributed by atoms with Crippen molar-refractivity contribution in [2.24, 2.45) is 0 Å². The van der Waals surface area contributed by atoms with Crippen LogP contribution in [0.2, 0.25) is 0 Å². The molecular weight excluding hydrogens is 250 g/mol. The van der Waals surface area contributed by atoms with Crippen molar-refractivity contribution in [2.45, 2.75) is 33.0 Å². The zero-order valence-corrected chi connectivity index (χ0v) is 11.4. The molecule has 98 valence electrons. The van der Waals surface area contributed by atoms with Crippen molar-refractivity contribution in [1.29, 1.82) is 0 Å². The van der Waals surface area contributed by atoms with Crippen molar-refractivity contribution in [3.05, 3.63) is 27.9 Å². The Hall–Kier alpha value is -1.40. The molecule has 0 fully saturated rings. The van der Waals surface area contributed by atoms with E-state index in [4.69, 9.17) is 5.11 Å². The predicted molar refractivity (Wildman–Crippen MR) is 68.9 cm³/mol. The smallest absolute Gasteiger partial charge is 0.256 e. The minimum Gasteiger partial charge on any atom is -0.396 e. The monoisotopic (exact) mass is 268 g/mol. The quantitative estimate of drug-likeness (QED) is 0.664. The van der Waals surface area contributed by atoms with Gasteiger partial charge in [0.1, 0.15) is 0 Å². The molecule has 1 aliphatic rings. The van der Waals surface area contributed by atoms with E-state index in [1.807, 2.05) is 23.9 Å². The van der Waals surface area contributed by atoms with Gasteiger partial charge in [-0.05, 0) is 6.92 Å². The third-order valence-electron chi connectivity index (χ3n) is 2.98. The second-order valence-electron chi connectivity index (χ2n) is 4.36. The molecule has 1 aromatic heterocycles. The van der Waals surface area contributed by atoms with Crippen molar-refractivity contribution in [3.8, 4) is 0 Å². The number of nitrogens with zero attached hydrogens (tertiary/aromatic N) is 1. The molecule has 0 aliphatic carbocycles. The molecule has 0 unspecified atom stereocenters. The number of aliphatic hydroxyl groups excluding tert-OH is 1. The van der Waals surface area contributed by atoms with E-state index < -0.39 is 0 Å². The third kappa shape index (κ3) is 2.70. The molecule has 18 heavy (non-hydrogen) atoms. The highest BCUT2D eigenvalue weighted by molar-refractivity contribution is 7.09. The fourth-order valence-electron chi connectivity index (χ4n) is 1.87. The van der Waals surface area contributed by atoms with E-state index >= 15 is 0 Å². The summed E-state index contributed by atoms with van der Waals surface area (Å²) < 4.78 is 2.04. The number of aromatic nitrogens is 1. The topological polar surface area (TPSA) is 65.2 Å². The fourth-order valence-corrected chi connectivity index (χ4v) is 2.86. The lowest BCUT2D eigenvalue weighted by atomic mass is 10.2. The summed E-state index contributed by atoms with van der Waals surface area (Å²) in [6, 6.07) is 0. The summed E-state index contributed by atoms with van der Waals surface area (Å²) in [4.78, 5) is 12.9. The maximum Gasteiger partial charge on any atom is 0.256 e. The van der Waals surface area contributed by atoms with Crippen molar-refractivity contribution < 1.29 is 14.5 Å². The molecule has 1 aromatic rings. The molecule has 0 saturated heterocycles. The van der Waals surface area contributed by atoms with E-state index in [2.05, 4.69) is 10.6 Å². The van der Waals surface area contributed by atoms with Gasteiger partial charge in [0.25, 0.3) is 5.91 Å². The van der Waals surface area contributed by atoms with E-state index in [0.717, 1.165) is 16.1 Å². The number of carbonyl (C=O) groups excluding carboxylic acids is 1. The van der Waals surface area contributed by atoms with Crippen LogP contribution in [0.25, 0.3) is 0 Å². The van der Waals surface area contributed by atoms with Gasteiger partial charge in [-0.2, -0.15) is 4.57 Å². The molecule has 5 nitrogen and oxygen atoms in total. The van der Waals surface area contributed by atoms with Crippen LogP contribution < -0.4 is 15.2 Å². The molecule has 0 radical (unpaired) electrons. The molecule has 1 aliphatic heterocycles. The Bertz CT molecular complexity index is 482. The summed E-state index contributed by atoms with van der Waals surface area (Å²) in [5.41, 5.74) is 3.82. The van der Waals surface area contributed by atoms with Crippen LogP contribution in [0.15, 0.2) is 17.3 Å². The van der Waals surface area contributed by atoms with Crippen molar-refractivity contribution in [2.75, 3.05) is 6.61 Å². The fraction of sp³-hybridized carbons (Fsp3) is 0.500. The van der Waals surface area contributed by atoms with Crippen LogP contribution >= 0.6 is 11.3 Å². The van der Waals surface area contributed by atoms with Gasteiger partial charge < -0.3 is 15.7 Å². The lowest BCUT2D eigenvalue weighted by Crippen LogP contribution is -2.49. The van der Waals surface area contributed by atoms with E-state index in [1.165, 1.54) is 0 Å². The average Bonchev–Trinajstić information content (AvgIpc) is 2.66. The molecule has 1 amide bonds. The molecule has 0 bridgehead atoms. The molecule has 3 N–H and O–H groups in total. The zero-order valence-electron chi connectivity index (χ0n) is 10.6. The Kier molecular flexibility index (Phi) is 3.98. The molecule has 2 rings (SSSR count). The van der Waals surface area contributed by atoms with Crippen molar-refractivity contribution >= 4 is 17.2 Å². The Balaban J connectivity index is 2.12. The van der Waals surface area contributed by atoms with Gasteiger partial charge in [-0.3, -0.25) is 4.79 Å². The van der Waals surface area contributed by atoms with Crippen LogP contribution in [-0.4, -0.2) is 23.8 Å². The first-order chi connectivity index (χ1) is 8.61. The standard InChI is InChI=1S/C12H17N3O2S/c1-8-11(3-4-16)18-7-15(8)6-10-5-13-9(2)14-12(10)17/h5,7,9,16H,3-4,6H2,1-2H3,(H-,13,14,17)/p+1/t9-/m0/s1. The minimum absolute atomic E-state index is 0.0141. The van der Waals surface area contributed by atoms with E-state index in [-0.39, 0.29) is 18.7 Å². The molecular formula is C12H18N3O2S+. The molecule has 6 heteroatoms. The molecule has 1 atom stereocenters. The second kappa shape index (κ2) is 5.49. The lowest BCUT2D eigenvalue weighted by Gasteiger charge is -2.20. The van der Waals surface area contributed by atoms with Crippen LogP contribution in [0.1, 0.15) is 17.5 Å². The SMILES string of the molecule is Cc1c(CCO)sc[n+]1CC1=CN[C@H](C)NC1=O. The van der Waals surface area contributed by atoms with Gasteiger partial charge in [-0.25, -0.2) is 0 Å². The van der Waals surface area contributed by atoms with Gasteiger partial charge >= 0.3 is 0 Å². The van der Waals surface area contributed by atoms with Gasteiger partial charge in [0.05, 0.1) is 16.6 Å². The molecule has 0 saturated carbocycles. The first-order valence-corrected chi connectivity index (χ1v) is 6.83. The van der Waals surface area contributed by atoms with Crippen molar-refractivity contribution in [1.82, 2.24) is 10.6 Å². The van der Waals surface area contributed by atoms with Crippen LogP contribution in [0.3, 0.4) is 0 Å². The van der Waals surface area contributed by atoms with Gasteiger partial charge in [0, 0.05) is 26.2 Å². The van der Waals surface area contributed by atoms with Crippen LogP contribution in [0.5, 0.6) is 0 Å². The van der Waals surface area contributed by atoms with E-state index in [9.17, 15) is 4.79 Å². The molecule has 0 aromatic carbocycles. The van der Waals surface area contributed by atoms with Gasteiger partial charge in [-0.15, -0.1) is 0 Å². The Labute approximate surface area is 110 Å². The summed E-state index contributed by atoms with van der Waals surface area (Å²) in [7, 11) is 0. The average molecular weight is 268 g/mol. The minimum atomic E-state index is -0.0249. The van der Waals surface area contributed by atoms with E-state index in [1.54, 1.807) is 17.5 Å². The van der Waals surface area contributed by atoms with Crippen LogP contribution in [-0.2, 0) is 17.8 Å². The lowest BCUT2D eigenvalue weighted by molar-refractivity contribution is -0.689. The predicted octanol–water partition coefficient (Wildman–Crippen LogP) is -0.172. The number of amides is 1. The Morgan fingerprint density at radius 1 is 1.56 bits per heavy atom. The van der Waals surface area contributed by atoms with Gasteiger partial charge in [0.2, 0.25) is 5.51 Å². The maximum absolute atomic E-state index is 11.8. The Morgan fingerprint density at radius 3 is 3.00 bits per heavy atom. The summed E-state index contributed by atoms with van der Waals surface area (Å²) in [5.74, 6) is -0.0249. The summed E-state index contributed by atoms with van der Waals surface area (Å²) >= 11 is 1.61. The molecule has 2 heterocycles. The summed E-state index contributed by atoms with van der Waals surface area (Å²) in [6.45, 7) is 4.62. The number of rotatable bonds is 4. The molecule has 0 spiro atoms. The first kappa shape index (κ1) is 13.0. The number of hydrogen-bond acceptors (Lipinski definition) is 4. The number of thiazole rings is 1. The first-order valence-electron chi connectivity index (χ1n) is 5.95. The third-order valence-corrected chi connectivity index (χ3v) is 4.13. The summed E-state index contributed by atoms with van der Waals surface area (Å²) in [6.07, 6.45) is 2.43. The largest absolute Gasteiger partial charge is 0.396 e. The summed E-state index contributed by atoms with van der Waals surface area (Å²) in [5, 5.41) is 14.9. The highest BCUT2D eigenvalue weighted by Gasteiger charge is 2.23. The number of hydrogen-bond donors (Lipinski definition) is 3. The van der Waals surface area contributed by atoms with Crippen LogP contribution in [0, 0.1) is 6.92 Å². The number of nitrogens with one attached hydrogen (secondary N) is 2. The number of aliphatic hydroxyl groups is 1. The highest BCUT2D eigenvalue weighted by atomic mass is 32.1. The van der Waals surface area contributed by atoms with Crippen LogP contribution in [0.4, 0.5) is 0 Å². The zero-order chi connectivity index (χ0) is 13.1. The maximum atomic E-state index is 11.8. The van der Waals surface area contributed by atoms with Gasteiger partial charge in [-0.1, -0.05) is 11.3 Å². The van der Waals surface area contributed by atoms with Crippen molar-refractivity contribution in [3.63, 3.8) is 0 Å². The van der Waals surface area contributed by atoms with Gasteiger partial charge in [0.15, 0.2) is 12.2 Å². The normalized spacial score (nSPS) is 19.2. The highest BCUT2D eigenvalue weighted by Crippen LogP contribution is 2.12. The number of carbonyl (C=O) groups is 1. The second-order valence-corrected chi connectivity index (χ2v) is 5.30.